The van der Waals surface area contributed by atoms with Gasteiger partial charge in [0, 0.05) is 5.69 Å². The first-order valence-electron chi connectivity index (χ1n) is 8.37. The highest BCUT2D eigenvalue weighted by Gasteiger charge is 2.54. The minimum Gasteiger partial charge on any atom is -0.399 e. The van der Waals surface area contributed by atoms with E-state index in [2.05, 4.69) is 0 Å². The van der Waals surface area contributed by atoms with Gasteiger partial charge in [0.05, 0.1) is 21.8 Å². The summed E-state index contributed by atoms with van der Waals surface area (Å²) in [4.78, 5) is 0. The van der Waals surface area contributed by atoms with Gasteiger partial charge in [0.2, 0.25) is 0 Å². The van der Waals surface area contributed by atoms with E-state index in [4.69, 9.17) is 26.6 Å². The number of rotatable bonds is 1. The predicted molar refractivity (Wildman–Crippen MR) is 99.3 cm³/mol. The smallest absolute Gasteiger partial charge is 0.399 e. The molecule has 0 unspecified atom stereocenters. The minimum atomic E-state index is -4.62. The minimum absolute atomic E-state index is 0.123. The van der Waals surface area contributed by atoms with E-state index in [9.17, 15) is 13.2 Å². The molecule has 1 heterocycles. The van der Waals surface area contributed by atoms with Crippen molar-refractivity contribution in [1.29, 1.82) is 0 Å². The fourth-order valence-corrected chi connectivity index (χ4v) is 2.45. The Bertz CT molecular complexity index is 562. The first-order chi connectivity index (χ1) is 11.3. The number of hydrogen-bond acceptors (Lipinski definition) is 3. The summed E-state index contributed by atoms with van der Waals surface area (Å²) in [6.07, 6.45) is -4.62. The van der Waals surface area contributed by atoms with Gasteiger partial charge in [-0.2, -0.15) is 13.2 Å². The molecule has 0 amide bonds. The zero-order valence-corrected chi connectivity index (χ0v) is 16.9. The van der Waals surface area contributed by atoms with Crippen molar-refractivity contribution in [2.45, 2.75) is 72.8 Å². The first kappa shape index (κ1) is 24.1. The van der Waals surface area contributed by atoms with E-state index in [1.165, 1.54) is 6.07 Å². The van der Waals surface area contributed by atoms with Gasteiger partial charge in [-0.3, -0.25) is 0 Å². The molecule has 2 rings (SSSR count). The van der Waals surface area contributed by atoms with Crippen molar-refractivity contribution in [3.63, 3.8) is 0 Å². The summed E-state index contributed by atoms with van der Waals surface area (Å²) in [5.41, 5.74) is 3.05. The van der Waals surface area contributed by atoms with Crippen LogP contribution in [0.15, 0.2) is 12.1 Å². The second kappa shape index (κ2) is 8.65. The number of hydrogen-bond donors (Lipinski definition) is 1. The number of nitrogens with two attached hydrogens (primary N) is 1. The fraction of sp³-hybridized carbons (Fsp3) is 0.647. The van der Waals surface area contributed by atoms with Gasteiger partial charge in [0.1, 0.15) is 0 Å². The van der Waals surface area contributed by atoms with Gasteiger partial charge < -0.3 is 15.0 Å². The summed E-state index contributed by atoms with van der Waals surface area (Å²) in [7, 11) is -1.17. The van der Waals surface area contributed by atoms with Crippen LogP contribution in [0.3, 0.4) is 0 Å². The fourth-order valence-electron chi connectivity index (χ4n) is 2.10. The summed E-state index contributed by atoms with van der Waals surface area (Å²) in [5.74, 6) is 0. The highest BCUT2D eigenvalue weighted by atomic mass is 35.5. The van der Waals surface area contributed by atoms with Crippen LogP contribution >= 0.6 is 11.6 Å². The highest BCUT2D eigenvalue weighted by molar-refractivity contribution is 6.63. The number of anilines is 1. The van der Waals surface area contributed by atoms with E-state index in [1.54, 1.807) is 27.7 Å². The molecular weight excluding hydrogens is 353 g/mol. The summed E-state index contributed by atoms with van der Waals surface area (Å²) >= 11 is 5.73. The third-order valence-corrected chi connectivity index (χ3v) is 4.23. The molecule has 2 N–H and O–H groups in total. The third-order valence-electron chi connectivity index (χ3n) is 3.93. The van der Waals surface area contributed by atoms with Crippen LogP contribution < -0.4 is 11.2 Å². The average Bonchev–Trinajstić information content (AvgIpc) is 2.69. The average molecular weight is 382 g/mol. The second-order valence-corrected chi connectivity index (χ2v) is 6.46. The summed E-state index contributed by atoms with van der Waals surface area (Å²) in [5, 5.41) is -0.466. The van der Waals surface area contributed by atoms with Crippen molar-refractivity contribution in [3.8, 4) is 0 Å². The van der Waals surface area contributed by atoms with E-state index in [0.717, 1.165) is 6.07 Å². The predicted octanol–water partition coefficient (Wildman–Crippen LogP) is 5.29. The zero-order chi connectivity index (χ0) is 20.2. The normalized spacial score (nSPS) is 18.0. The van der Waals surface area contributed by atoms with Crippen molar-refractivity contribution in [3.05, 3.63) is 22.7 Å². The van der Waals surface area contributed by atoms with Crippen LogP contribution in [0.4, 0.5) is 18.9 Å². The molecule has 0 saturated carbocycles. The van der Waals surface area contributed by atoms with Crippen LogP contribution in [-0.2, 0) is 15.5 Å². The molecule has 0 atom stereocenters. The number of alkyl halides is 3. The molecule has 1 saturated heterocycles. The molecule has 3 nitrogen and oxygen atoms in total. The van der Waals surface area contributed by atoms with Gasteiger partial charge in [-0.15, -0.1) is 0 Å². The van der Waals surface area contributed by atoms with Crippen LogP contribution in [0.1, 0.15) is 61.0 Å². The van der Waals surface area contributed by atoms with Crippen molar-refractivity contribution in [1.82, 2.24) is 0 Å². The van der Waals surface area contributed by atoms with E-state index in [-0.39, 0.29) is 11.2 Å². The molecule has 0 bridgehead atoms. The Kier molecular flexibility index (Phi) is 8.33. The summed E-state index contributed by atoms with van der Waals surface area (Å²) in [6.45, 7) is 15.0. The van der Waals surface area contributed by atoms with Gasteiger partial charge in [0.25, 0.3) is 0 Å². The second-order valence-electron chi connectivity index (χ2n) is 6.05. The number of benzene rings is 1. The maximum atomic E-state index is 13.2. The largest absolute Gasteiger partial charge is 0.495 e. The molecule has 1 aliphatic rings. The molecule has 1 aromatic rings. The van der Waals surface area contributed by atoms with Crippen LogP contribution in [0.25, 0.3) is 0 Å². The van der Waals surface area contributed by atoms with Crippen LogP contribution in [0.5, 0.6) is 0 Å². The highest BCUT2D eigenvalue weighted by Crippen LogP contribution is 2.40. The maximum Gasteiger partial charge on any atom is 0.495 e. The van der Waals surface area contributed by atoms with E-state index < -0.39 is 35.1 Å². The maximum absolute atomic E-state index is 13.2. The van der Waals surface area contributed by atoms with Gasteiger partial charge in [0.15, 0.2) is 0 Å². The molecule has 1 aromatic carbocycles. The van der Waals surface area contributed by atoms with Gasteiger partial charge in [-0.25, -0.2) is 0 Å². The molecular formula is C17H28BClF3NO2. The lowest BCUT2D eigenvalue weighted by Gasteiger charge is -2.32. The SMILES string of the molecule is CC.CC.CC1(C)OB(c2cc(N)cc(Cl)c2C(F)(F)F)OC1(C)C. The van der Waals surface area contributed by atoms with Crippen molar-refractivity contribution >= 4 is 29.9 Å². The van der Waals surface area contributed by atoms with E-state index in [0.29, 0.717) is 0 Å². The molecule has 25 heavy (non-hydrogen) atoms. The van der Waals surface area contributed by atoms with Gasteiger partial charge in [-0.1, -0.05) is 39.3 Å². The monoisotopic (exact) mass is 381 g/mol. The molecule has 0 radical (unpaired) electrons. The lowest BCUT2D eigenvalue weighted by molar-refractivity contribution is -0.136. The first-order valence-corrected chi connectivity index (χ1v) is 8.75. The zero-order valence-electron chi connectivity index (χ0n) is 16.1. The molecule has 144 valence electrons. The van der Waals surface area contributed by atoms with Gasteiger partial charge >= 0.3 is 13.3 Å². The topological polar surface area (TPSA) is 44.5 Å². The number of halogens is 4. The molecule has 1 aliphatic heterocycles. The molecule has 0 spiro atoms. The molecule has 0 aliphatic carbocycles. The molecule has 8 heteroatoms. The summed E-state index contributed by atoms with van der Waals surface area (Å²) in [6, 6.07) is 2.26. The van der Waals surface area contributed by atoms with Crippen LogP contribution in [0.2, 0.25) is 5.02 Å². The molecule has 1 fully saturated rings. The van der Waals surface area contributed by atoms with Crippen LogP contribution in [-0.4, -0.2) is 18.3 Å². The Labute approximate surface area is 154 Å². The van der Waals surface area contributed by atoms with Gasteiger partial charge in [-0.05, 0) is 45.3 Å². The lowest BCUT2D eigenvalue weighted by Crippen LogP contribution is -2.41. The summed E-state index contributed by atoms with van der Waals surface area (Å²) < 4.78 is 51.0. The Balaban J connectivity index is 0.00000134. The Morgan fingerprint density at radius 2 is 1.36 bits per heavy atom. The Morgan fingerprint density at radius 3 is 1.72 bits per heavy atom. The quantitative estimate of drug-likeness (QED) is 0.531. The van der Waals surface area contributed by atoms with E-state index in [1.807, 2.05) is 27.7 Å². The van der Waals surface area contributed by atoms with Crippen LogP contribution in [0, 0.1) is 0 Å². The molecule has 0 aromatic heterocycles. The lowest BCUT2D eigenvalue weighted by atomic mass is 9.75. The standard InChI is InChI=1S/C13H16BClF3NO2.2C2H6/c1-11(2)12(3,4)21-14(20-11)8-5-7(19)6-9(15)10(8)13(16,17)18;2*1-2/h5-6H,19H2,1-4H3;2*1-2H3. The van der Waals surface area contributed by atoms with Crippen molar-refractivity contribution in [2.75, 3.05) is 5.73 Å². The Hall–Kier alpha value is -0.915. The Morgan fingerprint density at radius 1 is 0.960 bits per heavy atom. The van der Waals surface area contributed by atoms with Crippen molar-refractivity contribution < 1.29 is 22.5 Å². The van der Waals surface area contributed by atoms with E-state index >= 15 is 0 Å². The third kappa shape index (κ3) is 5.28. The number of nitrogen functional groups attached to an aromatic ring is 1. The van der Waals surface area contributed by atoms with Crippen molar-refractivity contribution in [2.24, 2.45) is 0 Å².